The monoisotopic (exact) mass is 421 g/mol. The van der Waals surface area contributed by atoms with Gasteiger partial charge in [0, 0.05) is 22.0 Å². The molecular weight excluding hydrogens is 397 g/mol. The molecule has 154 valence electrons. The Morgan fingerprint density at radius 2 is 1.90 bits per heavy atom. The summed E-state index contributed by atoms with van der Waals surface area (Å²) < 4.78 is 15.4. The van der Waals surface area contributed by atoms with E-state index in [2.05, 4.69) is 10.2 Å². The molecule has 1 aliphatic heterocycles. The van der Waals surface area contributed by atoms with Crippen LogP contribution in [0.15, 0.2) is 47.3 Å². The van der Waals surface area contributed by atoms with Crippen LogP contribution in [0.3, 0.4) is 0 Å². The van der Waals surface area contributed by atoms with Gasteiger partial charge in [-0.05, 0) is 63.2 Å². The number of nitrogens with one attached hydrogen (secondary N) is 1. The first-order chi connectivity index (χ1) is 14.7. The average molecular weight is 422 g/mol. The van der Waals surface area contributed by atoms with Crippen molar-refractivity contribution in [3.63, 3.8) is 0 Å². The number of pyridine rings is 1. The molecule has 0 bridgehead atoms. The van der Waals surface area contributed by atoms with E-state index in [9.17, 15) is 9.18 Å². The van der Waals surface area contributed by atoms with Crippen molar-refractivity contribution in [1.82, 2.24) is 9.88 Å². The third-order valence-electron chi connectivity index (χ3n) is 5.87. The molecule has 1 aliphatic rings. The number of rotatable bonds is 5. The molecule has 2 aromatic heterocycles. The van der Waals surface area contributed by atoms with Crippen LogP contribution in [0.25, 0.3) is 31.1 Å². The van der Waals surface area contributed by atoms with Crippen molar-refractivity contribution >= 4 is 48.2 Å². The van der Waals surface area contributed by atoms with E-state index in [0.29, 0.717) is 10.8 Å². The molecule has 1 N–H and O–H groups in total. The summed E-state index contributed by atoms with van der Waals surface area (Å²) in [6.07, 6.45) is 4.97. The van der Waals surface area contributed by atoms with Gasteiger partial charge in [0.2, 0.25) is 0 Å². The van der Waals surface area contributed by atoms with E-state index in [1.807, 2.05) is 24.3 Å². The number of piperidine rings is 1. The summed E-state index contributed by atoms with van der Waals surface area (Å²) in [5.41, 5.74) is 0.650. The highest BCUT2D eigenvalue weighted by atomic mass is 32.1. The number of aromatic nitrogens is 1. The maximum absolute atomic E-state index is 13.8. The van der Waals surface area contributed by atoms with Crippen LogP contribution in [-0.2, 0) is 0 Å². The zero-order valence-electron chi connectivity index (χ0n) is 16.8. The lowest BCUT2D eigenvalue weighted by atomic mass is 10.1. The minimum atomic E-state index is -0.388. The van der Waals surface area contributed by atoms with E-state index in [4.69, 9.17) is 4.98 Å². The second kappa shape index (κ2) is 8.28. The summed E-state index contributed by atoms with van der Waals surface area (Å²) in [6.45, 7) is 4.28. The summed E-state index contributed by atoms with van der Waals surface area (Å²) in [7, 11) is 0. The molecule has 0 unspecified atom stereocenters. The SMILES string of the molecule is O=c1c2cc(F)ccc2sc2c(NCCCN3CCCCC3)nc3ccccc3c12. The van der Waals surface area contributed by atoms with Gasteiger partial charge in [0.05, 0.1) is 15.6 Å². The van der Waals surface area contributed by atoms with Crippen LogP contribution < -0.4 is 10.7 Å². The van der Waals surface area contributed by atoms with Crippen LogP contribution in [0.1, 0.15) is 25.7 Å². The molecule has 0 aliphatic carbocycles. The molecule has 0 amide bonds. The third kappa shape index (κ3) is 3.66. The zero-order valence-corrected chi connectivity index (χ0v) is 17.6. The predicted molar refractivity (Wildman–Crippen MR) is 124 cm³/mol. The van der Waals surface area contributed by atoms with E-state index < -0.39 is 0 Å². The number of fused-ring (bicyclic) bond motifs is 4. The van der Waals surface area contributed by atoms with E-state index in [-0.39, 0.29) is 11.2 Å². The summed E-state index contributed by atoms with van der Waals surface area (Å²) in [5, 5.41) is 5.36. The van der Waals surface area contributed by atoms with Gasteiger partial charge in [-0.3, -0.25) is 4.79 Å². The maximum Gasteiger partial charge on any atom is 0.196 e. The van der Waals surface area contributed by atoms with Gasteiger partial charge in [-0.2, -0.15) is 0 Å². The van der Waals surface area contributed by atoms with Crippen LogP contribution in [0.5, 0.6) is 0 Å². The first-order valence-electron chi connectivity index (χ1n) is 10.6. The molecule has 6 heteroatoms. The van der Waals surface area contributed by atoms with Gasteiger partial charge in [-0.1, -0.05) is 24.6 Å². The second-order valence-corrected chi connectivity index (χ2v) is 8.99. The van der Waals surface area contributed by atoms with Crippen molar-refractivity contribution in [2.75, 3.05) is 31.5 Å². The number of hydrogen-bond donors (Lipinski definition) is 1. The summed E-state index contributed by atoms with van der Waals surface area (Å²) in [4.78, 5) is 20.7. The van der Waals surface area contributed by atoms with Crippen LogP contribution in [0, 0.1) is 5.82 Å². The molecule has 4 aromatic rings. The molecule has 0 spiro atoms. The first kappa shape index (κ1) is 19.4. The number of benzene rings is 2. The van der Waals surface area contributed by atoms with Gasteiger partial charge in [0.1, 0.15) is 11.6 Å². The molecular formula is C24H24FN3OS. The van der Waals surface area contributed by atoms with E-state index in [1.165, 1.54) is 55.8 Å². The predicted octanol–water partition coefficient (Wildman–Crippen LogP) is 5.39. The Hall–Kier alpha value is -2.57. The fourth-order valence-corrected chi connectivity index (χ4v) is 5.48. The molecule has 3 heterocycles. The van der Waals surface area contributed by atoms with Gasteiger partial charge in [-0.15, -0.1) is 11.3 Å². The highest BCUT2D eigenvalue weighted by Crippen LogP contribution is 2.34. The molecule has 1 saturated heterocycles. The van der Waals surface area contributed by atoms with Gasteiger partial charge in [-0.25, -0.2) is 9.37 Å². The largest absolute Gasteiger partial charge is 0.369 e. The normalized spacial score (nSPS) is 15.2. The Bertz CT molecular complexity index is 1280. The minimum absolute atomic E-state index is 0.131. The molecule has 0 atom stereocenters. The molecule has 5 rings (SSSR count). The van der Waals surface area contributed by atoms with E-state index >= 15 is 0 Å². The standard InChI is InChI=1S/C24H24FN3OS/c25-16-9-10-20-18(15-16)22(29)21-17-7-2-3-8-19(17)27-24(23(21)30-20)26-11-6-14-28-12-4-1-5-13-28/h2-3,7-10,15H,1,4-6,11-14H2,(H,26,27). The molecule has 4 nitrogen and oxygen atoms in total. The average Bonchev–Trinajstić information content (AvgIpc) is 2.78. The van der Waals surface area contributed by atoms with Crippen molar-refractivity contribution in [2.24, 2.45) is 0 Å². The summed E-state index contributed by atoms with van der Waals surface area (Å²) in [5.74, 6) is 0.358. The molecule has 0 radical (unpaired) electrons. The number of para-hydroxylation sites is 1. The van der Waals surface area contributed by atoms with Crippen LogP contribution in [0.4, 0.5) is 10.2 Å². The van der Waals surface area contributed by atoms with E-state index in [0.717, 1.165) is 45.6 Å². The van der Waals surface area contributed by atoms with Crippen LogP contribution >= 0.6 is 11.3 Å². The Labute approximate surface area is 178 Å². The molecule has 0 saturated carbocycles. The van der Waals surface area contributed by atoms with Gasteiger partial charge < -0.3 is 10.2 Å². The lowest BCUT2D eigenvalue weighted by molar-refractivity contribution is 0.228. The number of anilines is 1. The summed E-state index contributed by atoms with van der Waals surface area (Å²) >= 11 is 1.50. The maximum atomic E-state index is 13.8. The smallest absolute Gasteiger partial charge is 0.196 e. The van der Waals surface area contributed by atoms with Gasteiger partial charge >= 0.3 is 0 Å². The fourth-order valence-electron chi connectivity index (χ4n) is 4.34. The molecule has 30 heavy (non-hydrogen) atoms. The van der Waals surface area contributed by atoms with Crippen molar-refractivity contribution in [1.29, 1.82) is 0 Å². The Morgan fingerprint density at radius 3 is 2.77 bits per heavy atom. The lowest BCUT2D eigenvalue weighted by Gasteiger charge is -2.26. The van der Waals surface area contributed by atoms with Gasteiger partial charge in [0.25, 0.3) is 0 Å². The number of nitrogens with zero attached hydrogens (tertiary/aromatic N) is 2. The van der Waals surface area contributed by atoms with Crippen molar-refractivity contribution in [2.45, 2.75) is 25.7 Å². The highest BCUT2D eigenvalue weighted by Gasteiger charge is 2.15. The molecule has 2 aromatic carbocycles. The van der Waals surface area contributed by atoms with E-state index in [1.54, 1.807) is 6.07 Å². The second-order valence-electron chi connectivity index (χ2n) is 7.94. The van der Waals surface area contributed by atoms with Crippen molar-refractivity contribution in [3.8, 4) is 0 Å². The fraction of sp³-hybridized carbons (Fsp3) is 0.333. The quantitative estimate of drug-likeness (QED) is 0.267. The van der Waals surface area contributed by atoms with Gasteiger partial charge in [0.15, 0.2) is 5.43 Å². The Balaban J connectivity index is 1.54. The summed E-state index contributed by atoms with van der Waals surface area (Å²) in [6, 6.07) is 12.1. The number of hydrogen-bond acceptors (Lipinski definition) is 5. The Morgan fingerprint density at radius 1 is 1.07 bits per heavy atom. The van der Waals surface area contributed by atoms with Crippen molar-refractivity contribution < 1.29 is 4.39 Å². The minimum Gasteiger partial charge on any atom is -0.369 e. The first-order valence-corrected chi connectivity index (χ1v) is 11.4. The van der Waals surface area contributed by atoms with Crippen LogP contribution in [0.2, 0.25) is 0 Å². The highest BCUT2D eigenvalue weighted by molar-refractivity contribution is 7.25. The lowest BCUT2D eigenvalue weighted by Crippen LogP contribution is -2.31. The topological polar surface area (TPSA) is 45.2 Å². The Kier molecular flexibility index (Phi) is 5.35. The third-order valence-corrected chi connectivity index (χ3v) is 7.04. The number of halogens is 1. The zero-order chi connectivity index (χ0) is 20.5. The number of likely N-dealkylation sites (tertiary alicyclic amines) is 1. The van der Waals surface area contributed by atoms with Crippen LogP contribution in [-0.4, -0.2) is 36.1 Å². The molecule has 1 fully saturated rings. The van der Waals surface area contributed by atoms with Crippen molar-refractivity contribution in [3.05, 3.63) is 58.5 Å².